The molecule has 4 rings (SSSR count). The number of aromatic amines is 1. The fraction of sp³-hybridized carbons (Fsp3) is 0.0526. The van der Waals surface area contributed by atoms with Crippen molar-refractivity contribution in [1.82, 2.24) is 9.97 Å². The number of amides is 1. The minimum atomic E-state index is -0.0528. The molecule has 0 fully saturated rings. The van der Waals surface area contributed by atoms with Crippen molar-refractivity contribution in [3.63, 3.8) is 0 Å². The van der Waals surface area contributed by atoms with Crippen LogP contribution in [0.3, 0.4) is 0 Å². The first kappa shape index (κ1) is 16.2. The van der Waals surface area contributed by atoms with E-state index in [1.165, 1.54) is 11.8 Å². The lowest BCUT2D eigenvalue weighted by Gasteiger charge is -2.08. The third-order valence-corrected chi connectivity index (χ3v) is 5.19. The van der Waals surface area contributed by atoms with E-state index >= 15 is 0 Å². The van der Waals surface area contributed by atoms with Crippen LogP contribution in [0.2, 0.25) is 0 Å². The molecule has 6 heteroatoms. The van der Waals surface area contributed by atoms with Crippen LogP contribution >= 0.6 is 27.7 Å². The molecule has 0 saturated heterocycles. The highest BCUT2D eigenvalue weighted by Gasteiger charge is 2.09. The Morgan fingerprint density at radius 1 is 1.12 bits per heavy atom. The van der Waals surface area contributed by atoms with E-state index in [1.54, 1.807) is 0 Å². The molecular formula is C19H14BrN3OS. The summed E-state index contributed by atoms with van der Waals surface area (Å²) in [6, 6.07) is 19.8. The Kier molecular flexibility index (Phi) is 4.46. The minimum absolute atomic E-state index is 0.0528. The fourth-order valence-corrected chi connectivity index (χ4v) is 3.73. The SMILES string of the molecule is O=C(CSc1nc2ccc(Br)cc2[nH]1)Nc1cccc2ccccc12. The van der Waals surface area contributed by atoms with Crippen molar-refractivity contribution in [3.8, 4) is 0 Å². The normalized spacial score (nSPS) is 11.1. The van der Waals surface area contributed by atoms with Crippen LogP contribution in [0.15, 0.2) is 70.3 Å². The number of carbonyl (C=O) groups excluding carboxylic acids is 1. The smallest absolute Gasteiger partial charge is 0.234 e. The van der Waals surface area contributed by atoms with Gasteiger partial charge in [-0.25, -0.2) is 4.98 Å². The number of carbonyl (C=O) groups is 1. The van der Waals surface area contributed by atoms with E-state index in [-0.39, 0.29) is 5.91 Å². The standard InChI is InChI=1S/C19H14BrN3OS/c20-13-8-9-16-17(10-13)23-19(22-16)25-11-18(24)21-15-7-3-5-12-4-1-2-6-14(12)15/h1-10H,11H2,(H,21,24)(H,22,23). The van der Waals surface area contributed by atoms with Crippen LogP contribution in [-0.2, 0) is 4.79 Å². The number of anilines is 1. The van der Waals surface area contributed by atoms with Gasteiger partial charge in [0.05, 0.1) is 16.8 Å². The molecule has 25 heavy (non-hydrogen) atoms. The van der Waals surface area contributed by atoms with Crippen LogP contribution in [0.5, 0.6) is 0 Å². The Morgan fingerprint density at radius 3 is 2.88 bits per heavy atom. The molecule has 4 aromatic rings. The summed E-state index contributed by atoms with van der Waals surface area (Å²) in [4.78, 5) is 20.0. The third-order valence-electron chi connectivity index (χ3n) is 3.83. The Bertz CT molecular complexity index is 1070. The highest BCUT2D eigenvalue weighted by molar-refractivity contribution is 9.10. The predicted octanol–water partition coefficient (Wildman–Crippen LogP) is 5.21. The van der Waals surface area contributed by atoms with Crippen molar-refractivity contribution in [3.05, 3.63) is 65.1 Å². The quantitative estimate of drug-likeness (QED) is 0.453. The highest BCUT2D eigenvalue weighted by atomic mass is 79.9. The van der Waals surface area contributed by atoms with Crippen LogP contribution in [0.25, 0.3) is 21.8 Å². The average Bonchev–Trinajstić information content (AvgIpc) is 3.02. The van der Waals surface area contributed by atoms with Gasteiger partial charge in [-0.15, -0.1) is 0 Å². The van der Waals surface area contributed by atoms with Gasteiger partial charge in [-0.3, -0.25) is 4.79 Å². The lowest BCUT2D eigenvalue weighted by Crippen LogP contribution is -2.14. The maximum Gasteiger partial charge on any atom is 0.234 e. The van der Waals surface area contributed by atoms with Crippen molar-refractivity contribution in [2.45, 2.75) is 5.16 Å². The third kappa shape index (κ3) is 3.55. The molecule has 0 radical (unpaired) electrons. The first-order valence-corrected chi connectivity index (χ1v) is 9.52. The van der Waals surface area contributed by atoms with E-state index in [2.05, 4.69) is 31.2 Å². The molecule has 0 saturated carbocycles. The van der Waals surface area contributed by atoms with Crippen LogP contribution in [0.4, 0.5) is 5.69 Å². The van der Waals surface area contributed by atoms with E-state index < -0.39 is 0 Å². The zero-order valence-electron chi connectivity index (χ0n) is 13.1. The second-order valence-electron chi connectivity index (χ2n) is 5.57. The van der Waals surface area contributed by atoms with Gasteiger partial charge in [0.15, 0.2) is 5.16 Å². The van der Waals surface area contributed by atoms with Gasteiger partial charge in [-0.2, -0.15) is 0 Å². The van der Waals surface area contributed by atoms with Gasteiger partial charge >= 0.3 is 0 Å². The molecule has 3 aromatic carbocycles. The molecule has 4 nitrogen and oxygen atoms in total. The number of nitrogens with zero attached hydrogens (tertiary/aromatic N) is 1. The van der Waals surface area contributed by atoms with E-state index in [4.69, 9.17) is 0 Å². The van der Waals surface area contributed by atoms with Crippen molar-refractivity contribution < 1.29 is 4.79 Å². The Hall–Kier alpha value is -2.31. The first-order valence-electron chi connectivity index (χ1n) is 7.75. The molecule has 124 valence electrons. The molecule has 1 heterocycles. The van der Waals surface area contributed by atoms with Crippen LogP contribution in [0.1, 0.15) is 0 Å². The number of halogens is 1. The number of hydrogen-bond acceptors (Lipinski definition) is 3. The van der Waals surface area contributed by atoms with Gasteiger partial charge in [0.25, 0.3) is 0 Å². The van der Waals surface area contributed by atoms with Crippen LogP contribution in [-0.4, -0.2) is 21.6 Å². The minimum Gasteiger partial charge on any atom is -0.333 e. The zero-order chi connectivity index (χ0) is 17.2. The molecule has 0 aliphatic rings. The van der Waals surface area contributed by atoms with Crippen LogP contribution < -0.4 is 5.32 Å². The molecule has 0 bridgehead atoms. The Morgan fingerprint density at radius 2 is 1.96 bits per heavy atom. The summed E-state index contributed by atoms with van der Waals surface area (Å²) in [5.74, 6) is 0.243. The fourth-order valence-electron chi connectivity index (χ4n) is 2.68. The van der Waals surface area contributed by atoms with Crippen molar-refractivity contribution in [2.75, 3.05) is 11.1 Å². The summed E-state index contributed by atoms with van der Waals surface area (Å²) in [5, 5.41) is 5.87. The van der Waals surface area contributed by atoms with Gasteiger partial charge in [0.1, 0.15) is 0 Å². The number of H-pyrrole nitrogens is 1. The van der Waals surface area contributed by atoms with E-state index in [1.807, 2.05) is 60.7 Å². The highest BCUT2D eigenvalue weighted by Crippen LogP contribution is 2.25. The van der Waals surface area contributed by atoms with Crippen molar-refractivity contribution >= 4 is 61.1 Å². The zero-order valence-corrected chi connectivity index (χ0v) is 15.5. The van der Waals surface area contributed by atoms with E-state index in [9.17, 15) is 4.79 Å². The lowest BCUT2D eigenvalue weighted by molar-refractivity contribution is -0.113. The molecule has 0 atom stereocenters. The van der Waals surface area contributed by atoms with Gasteiger partial charge in [-0.1, -0.05) is 64.1 Å². The van der Waals surface area contributed by atoms with Crippen LogP contribution in [0, 0.1) is 0 Å². The molecule has 1 aromatic heterocycles. The molecule has 2 N–H and O–H groups in total. The number of rotatable bonds is 4. The summed E-state index contributed by atoms with van der Waals surface area (Å²) in [6.07, 6.45) is 0. The Labute approximate surface area is 157 Å². The number of fused-ring (bicyclic) bond motifs is 2. The van der Waals surface area contributed by atoms with Crippen molar-refractivity contribution in [2.24, 2.45) is 0 Å². The number of benzene rings is 3. The number of hydrogen-bond donors (Lipinski definition) is 2. The summed E-state index contributed by atoms with van der Waals surface area (Å²) in [7, 11) is 0. The van der Waals surface area contributed by atoms with Gasteiger partial charge < -0.3 is 10.3 Å². The van der Waals surface area contributed by atoms with Gasteiger partial charge in [0, 0.05) is 15.5 Å². The van der Waals surface area contributed by atoms with E-state index in [0.29, 0.717) is 5.75 Å². The summed E-state index contributed by atoms with van der Waals surface area (Å²) in [5.41, 5.74) is 2.67. The lowest BCUT2D eigenvalue weighted by atomic mass is 10.1. The molecule has 1 amide bonds. The number of aromatic nitrogens is 2. The monoisotopic (exact) mass is 411 g/mol. The van der Waals surface area contributed by atoms with Gasteiger partial charge in [-0.05, 0) is 29.7 Å². The topological polar surface area (TPSA) is 57.8 Å². The molecule has 0 aliphatic heterocycles. The number of imidazole rings is 1. The first-order chi connectivity index (χ1) is 12.2. The number of nitrogens with one attached hydrogen (secondary N) is 2. The van der Waals surface area contributed by atoms with Crippen molar-refractivity contribution in [1.29, 1.82) is 0 Å². The molecular weight excluding hydrogens is 398 g/mol. The second kappa shape index (κ2) is 6.90. The molecule has 0 aliphatic carbocycles. The average molecular weight is 412 g/mol. The summed E-state index contributed by atoms with van der Waals surface area (Å²) in [6.45, 7) is 0. The predicted molar refractivity (Wildman–Crippen MR) is 107 cm³/mol. The summed E-state index contributed by atoms with van der Waals surface area (Å²) < 4.78 is 0.994. The summed E-state index contributed by atoms with van der Waals surface area (Å²) >= 11 is 4.83. The maximum atomic E-state index is 12.3. The largest absolute Gasteiger partial charge is 0.333 e. The molecule has 0 spiro atoms. The molecule has 0 unspecified atom stereocenters. The second-order valence-corrected chi connectivity index (χ2v) is 7.45. The number of thioether (sulfide) groups is 1. The van der Waals surface area contributed by atoms with E-state index in [0.717, 1.165) is 37.1 Å². The Balaban J connectivity index is 1.46. The van der Waals surface area contributed by atoms with Gasteiger partial charge in [0.2, 0.25) is 5.91 Å². The maximum absolute atomic E-state index is 12.3.